The number of hydrogen-bond acceptors (Lipinski definition) is 4. The van der Waals surface area contributed by atoms with Crippen molar-refractivity contribution in [3.05, 3.63) is 84.1 Å². The summed E-state index contributed by atoms with van der Waals surface area (Å²) >= 11 is 0. The van der Waals surface area contributed by atoms with Gasteiger partial charge in [0, 0.05) is 32.0 Å². The SMILES string of the molecule is O=C(Nc1ccc(N2CCN(Cc3ccc(F)cc3)C2=O)nc1)c1cccnc1. The molecule has 29 heavy (non-hydrogen) atoms. The maximum atomic E-state index is 13.0. The molecule has 3 amide bonds. The summed E-state index contributed by atoms with van der Waals surface area (Å²) in [6.45, 7) is 1.47. The summed E-state index contributed by atoms with van der Waals surface area (Å²) in [6, 6.07) is 12.7. The van der Waals surface area contributed by atoms with Crippen LogP contribution in [0.5, 0.6) is 0 Å². The van der Waals surface area contributed by atoms with Gasteiger partial charge >= 0.3 is 6.03 Å². The number of rotatable bonds is 5. The minimum atomic E-state index is -0.303. The number of carbonyl (C=O) groups is 2. The quantitative estimate of drug-likeness (QED) is 0.724. The molecule has 1 fully saturated rings. The van der Waals surface area contributed by atoms with Crippen molar-refractivity contribution in [2.45, 2.75) is 6.54 Å². The van der Waals surface area contributed by atoms with Gasteiger partial charge in [-0.05, 0) is 42.0 Å². The van der Waals surface area contributed by atoms with Crippen LogP contribution in [0.3, 0.4) is 0 Å². The first-order valence-corrected chi connectivity index (χ1v) is 9.08. The molecule has 0 unspecified atom stereocenters. The number of aromatic nitrogens is 2. The molecule has 1 saturated heterocycles. The monoisotopic (exact) mass is 391 g/mol. The lowest BCUT2D eigenvalue weighted by Gasteiger charge is -2.18. The van der Waals surface area contributed by atoms with Crippen molar-refractivity contribution in [2.75, 3.05) is 23.3 Å². The fourth-order valence-corrected chi connectivity index (χ4v) is 3.07. The molecular weight excluding hydrogens is 373 g/mol. The van der Waals surface area contributed by atoms with E-state index < -0.39 is 0 Å². The Bertz CT molecular complexity index is 1010. The van der Waals surface area contributed by atoms with Gasteiger partial charge in [-0.2, -0.15) is 0 Å². The summed E-state index contributed by atoms with van der Waals surface area (Å²) in [7, 11) is 0. The molecule has 0 bridgehead atoms. The zero-order valence-electron chi connectivity index (χ0n) is 15.5. The van der Waals surface area contributed by atoms with Gasteiger partial charge in [0.05, 0.1) is 17.4 Å². The molecule has 7 nitrogen and oxygen atoms in total. The fraction of sp³-hybridized carbons (Fsp3) is 0.143. The largest absolute Gasteiger partial charge is 0.326 e. The van der Waals surface area contributed by atoms with Crippen molar-refractivity contribution < 1.29 is 14.0 Å². The van der Waals surface area contributed by atoms with Crippen LogP contribution in [0.15, 0.2) is 67.1 Å². The van der Waals surface area contributed by atoms with Gasteiger partial charge in [0.2, 0.25) is 0 Å². The highest BCUT2D eigenvalue weighted by Gasteiger charge is 2.30. The Morgan fingerprint density at radius 3 is 2.59 bits per heavy atom. The van der Waals surface area contributed by atoms with Crippen LogP contribution in [0.1, 0.15) is 15.9 Å². The summed E-state index contributed by atoms with van der Waals surface area (Å²) in [5.74, 6) is -0.0746. The van der Waals surface area contributed by atoms with Crippen LogP contribution >= 0.6 is 0 Å². The third-order valence-electron chi connectivity index (χ3n) is 4.59. The number of nitrogens with zero attached hydrogens (tertiary/aromatic N) is 4. The van der Waals surface area contributed by atoms with Crippen molar-refractivity contribution in [1.82, 2.24) is 14.9 Å². The van der Waals surface area contributed by atoms with E-state index in [1.807, 2.05) is 0 Å². The molecule has 0 radical (unpaired) electrons. The van der Waals surface area contributed by atoms with Crippen LogP contribution in [0.2, 0.25) is 0 Å². The van der Waals surface area contributed by atoms with E-state index in [1.165, 1.54) is 24.5 Å². The van der Waals surface area contributed by atoms with Gasteiger partial charge in [0.25, 0.3) is 5.91 Å². The molecule has 4 rings (SSSR count). The summed E-state index contributed by atoms with van der Waals surface area (Å²) in [5.41, 5.74) is 1.84. The van der Waals surface area contributed by atoms with Gasteiger partial charge in [-0.15, -0.1) is 0 Å². The molecule has 0 atom stereocenters. The first-order valence-electron chi connectivity index (χ1n) is 9.08. The second-order valence-electron chi connectivity index (χ2n) is 6.58. The molecule has 2 aromatic heterocycles. The molecular formula is C21H18FN5O2. The second-order valence-corrected chi connectivity index (χ2v) is 6.58. The maximum Gasteiger partial charge on any atom is 0.326 e. The van der Waals surface area contributed by atoms with E-state index in [4.69, 9.17) is 0 Å². The summed E-state index contributed by atoms with van der Waals surface area (Å²) in [6.07, 6.45) is 4.59. The maximum absolute atomic E-state index is 13.0. The van der Waals surface area contributed by atoms with E-state index in [0.717, 1.165) is 5.56 Å². The molecule has 1 aromatic carbocycles. The van der Waals surface area contributed by atoms with Crippen molar-refractivity contribution >= 4 is 23.4 Å². The van der Waals surface area contributed by atoms with E-state index in [2.05, 4.69) is 15.3 Å². The second kappa shape index (κ2) is 8.05. The molecule has 0 spiro atoms. The number of hydrogen-bond donors (Lipinski definition) is 1. The van der Waals surface area contributed by atoms with Crippen LogP contribution in [-0.2, 0) is 6.54 Å². The molecule has 1 aliphatic heterocycles. The number of pyridine rings is 2. The highest BCUT2D eigenvalue weighted by atomic mass is 19.1. The van der Waals surface area contributed by atoms with E-state index >= 15 is 0 Å². The van der Waals surface area contributed by atoms with Crippen molar-refractivity contribution in [3.8, 4) is 0 Å². The molecule has 146 valence electrons. The standard InChI is InChI=1S/C21H18FN5O2/c22-17-5-3-15(4-6-17)14-26-10-11-27(21(26)29)19-8-7-18(13-24-19)25-20(28)16-2-1-9-23-12-16/h1-9,12-13H,10-11,14H2,(H,25,28). The summed E-state index contributed by atoms with van der Waals surface area (Å²) < 4.78 is 13.0. The predicted molar refractivity (Wildman–Crippen MR) is 106 cm³/mol. The van der Waals surface area contributed by atoms with E-state index in [9.17, 15) is 14.0 Å². The van der Waals surface area contributed by atoms with Gasteiger partial charge in [0.15, 0.2) is 0 Å². The van der Waals surface area contributed by atoms with Gasteiger partial charge < -0.3 is 10.2 Å². The number of carbonyl (C=O) groups excluding carboxylic acids is 2. The highest BCUT2D eigenvalue weighted by molar-refractivity contribution is 6.04. The van der Waals surface area contributed by atoms with Gasteiger partial charge in [0.1, 0.15) is 11.6 Å². The molecule has 0 aliphatic carbocycles. The van der Waals surface area contributed by atoms with Crippen molar-refractivity contribution in [1.29, 1.82) is 0 Å². The fourth-order valence-electron chi connectivity index (χ4n) is 3.07. The Morgan fingerprint density at radius 2 is 1.90 bits per heavy atom. The number of nitrogens with one attached hydrogen (secondary N) is 1. The lowest BCUT2D eigenvalue weighted by Crippen LogP contribution is -2.31. The number of anilines is 2. The van der Waals surface area contributed by atoms with Crippen LogP contribution < -0.4 is 10.2 Å². The Labute approximate surface area is 166 Å². The minimum Gasteiger partial charge on any atom is -0.321 e. The van der Waals surface area contributed by atoms with Crippen LogP contribution in [0, 0.1) is 5.82 Å². The third-order valence-corrected chi connectivity index (χ3v) is 4.59. The molecule has 3 aromatic rings. The van der Waals surface area contributed by atoms with Crippen molar-refractivity contribution in [2.24, 2.45) is 0 Å². The van der Waals surface area contributed by atoms with Gasteiger partial charge in [-0.25, -0.2) is 14.2 Å². The topological polar surface area (TPSA) is 78.4 Å². The van der Waals surface area contributed by atoms with E-state index in [-0.39, 0.29) is 17.8 Å². The average molecular weight is 391 g/mol. The van der Waals surface area contributed by atoms with E-state index in [0.29, 0.717) is 36.7 Å². The molecule has 1 N–H and O–H groups in total. The van der Waals surface area contributed by atoms with Crippen LogP contribution in [-0.4, -0.2) is 39.9 Å². The summed E-state index contributed by atoms with van der Waals surface area (Å²) in [4.78, 5) is 36.4. The first-order chi connectivity index (χ1) is 14.1. The van der Waals surface area contributed by atoms with Gasteiger partial charge in [-0.1, -0.05) is 12.1 Å². The summed E-state index contributed by atoms with van der Waals surface area (Å²) in [5, 5.41) is 2.75. The molecule has 3 heterocycles. The van der Waals surface area contributed by atoms with Crippen LogP contribution in [0.25, 0.3) is 0 Å². The molecule has 0 saturated carbocycles. The number of benzene rings is 1. The van der Waals surface area contributed by atoms with Gasteiger partial charge in [-0.3, -0.25) is 14.7 Å². The smallest absolute Gasteiger partial charge is 0.321 e. The number of urea groups is 1. The predicted octanol–water partition coefficient (Wildman–Crippen LogP) is 3.31. The number of amides is 3. The molecule has 1 aliphatic rings. The Hall–Kier alpha value is -3.81. The Morgan fingerprint density at radius 1 is 1.07 bits per heavy atom. The minimum absolute atomic E-state index is 0.158. The lowest BCUT2D eigenvalue weighted by atomic mass is 10.2. The number of halogens is 1. The average Bonchev–Trinajstić information content (AvgIpc) is 3.11. The zero-order chi connectivity index (χ0) is 20.2. The zero-order valence-corrected chi connectivity index (χ0v) is 15.5. The highest BCUT2D eigenvalue weighted by Crippen LogP contribution is 2.21. The Kier molecular flexibility index (Phi) is 5.15. The van der Waals surface area contributed by atoms with E-state index in [1.54, 1.807) is 52.4 Å². The Balaban J connectivity index is 1.39. The first kappa shape index (κ1) is 18.5. The molecule has 8 heteroatoms. The normalized spacial score (nSPS) is 13.6. The van der Waals surface area contributed by atoms with Crippen LogP contribution in [0.4, 0.5) is 20.7 Å². The third kappa shape index (κ3) is 4.21. The van der Waals surface area contributed by atoms with Crippen molar-refractivity contribution in [3.63, 3.8) is 0 Å². The lowest BCUT2D eigenvalue weighted by molar-refractivity contribution is 0.102.